The molecule has 0 aliphatic heterocycles. The molecule has 3 heterocycles. The Balaban J connectivity index is 1.51. The van der Waals surface area contributed by atoms with Crippen molar-refractivity contribution in [3.8, 4) is 28.2 Å². The number of aryl methyl sites for hydroxylation is 2. The van der Waals surface area contributed by atoms with Crippen molar-refractivity contribution in [3.63, 3.8) is 0 Å². The highest BCUT2D eigenvalue weighted by Gasteiger charge is 2.17. The van der Waals surface area contributed by atoms with E-state index in [1.54, 1.807) is 23.2 Å². The average Bonchev–Trinajstić information content (AvgIpc) is 3.57. The minimum Gasteiger partial charge on any atom is -0.470 e. The highest BCUT2D eigenvalue weighted by molar-refractivity contribution is 5.80. The number of aromatic nitrogens is 4. The van der Waals surface area contributed by atoms with Crippen molar-refractivity contribution < 1.29 is 8.94 Å². The highest BCUT2D eigenvalue weighted by Crippen LogP contribution is 2.30. The lowest BCUT2D eigenvalue weighted by atomic mass is 9.96. The van der Waals surface area contributed by atoms with Gasteiger partial charge in [-0.2, -0.15) is 0 Å². The second kappa shape index (κ2) is 10.0. The van der Waals surface area contributed by atoms with E-state index < -0.39 is 5.76 Å². The van der Waals surface area contributed by atoms with Crippen LogP contribution in [0.2, 0.25) is 0 Å². The van der Waals surface area contributed by atoms with Crippen LogP contribution in [-0.4, -0.2) is 19.7 Å². The third-order valence-corrected chi connectivity index (χ3v) is 6.23. The van der Waals surface area contributed by atoms with Gasteiger partial charge in [-0.3, -0.25) is 18.9 Å². The molecule has 0 amide bonds. The van der Waals surface area contributed by atoms with Gasteiger partial charge in [0.05, 0.1) is 17.6 Å². The maximum absolute atomic E-state index is 13.6. The fourth-order valence-corrected chi connectivity index (χ4v) is 4.43. The first-order valence-electron chi connectivity index (χ1n) is 11.9. The summed E-state index contributed by atoms with van der Waals surface area (Å²) >= 11 is 0. The molecule has 5 rings (SSSR count). The normalized spacial score (nSPS) is 11.2. The zero-order valence-corrected chi connectivity index (χ0v) is 20.2. The van der Waals surface area contributed by atoms with Crippen LogP contribution in [0, 0.1) is 6.92 Å². The lowest BCUT2D eigenvalue weighted by Crippen LogP contribution is -2.28. The molecule has 8 heteroatoms. The van der Waals surface area contributed by atoms with Gasteiger partial charge < -0.3 is 4.42 Å². The topological polar surface area (TPSA) is 107 Å². The van der Waals surface area contributed by atoms with E-state index in [0.717, 1.165) is 47.2 Å². The van der Waals surface area contributed by atoms with Crippen LogP contribution in [0.3, 0.4) is 0 Å². The lowest BCUT2D eigenvalue weighted by Gasteiger charge is -2.15. The summed E-state index contributed by atoms with van der Waals surface area (Å²) in [4.78, 5) is 32.5. The Hall–Kier alpha value is -4.46. The van der Waals surface area contributed by atoms with Crippen LogP contribution in [-0.2, 0) is 12.8 Å². The van der Waals surface area contributed by atoms with Crippen molar-refractivity contribution in [2.24, 2.45) is 0 Å². The zero-order valence-electron chi connectivity index (χ0n) is 20.2. The molecule has 0 saturated heterocycles. The van der Waals surface area contributed by atoms with Crippen molar-refractivity contribution in [1.29, 1.82) is 0 Å². The summed E-state index contributed by atoms with van der Waals surface area (Å²) in [6.45, 7) is 3.98. The lowest BCUT2D eigenvalue weighted by molar-refractivity contribution is 0.388. The second-order valence-electron chi connectivity index (χ2n) is 8.67. The van der Waals surface area contributed by atoms with Gasteiger partial charge in [-0.05, 0) is 36.5 Å². The molecular formula is C28H26N4O4. The number of furan rings is 1. The molecule has 0 radical (unpaired) electrons. The molecule has 0 unspecified atom stereocenters. The van der Waals surface area contributed by atoms with E-state index in [-0.39, 0.29) is 5.56 Å². The Kier molecular flexibility index (Phi) is 6.49. The summed E-state index contributed by atoms with van der Waals surface area (Å²) in [5, 5.41) is 3.83. The first-order chi connectivity index (χ1) is 17.5. The number of hydrogen-bond acceptors (Lipinski definition) is 6. The van der Waals surface area contributed by atoms with Crippen molar-refractivity contribution >= 4 is 0 Å². The van der Waals surface area contributed by atoms with Gasteiger partial charge in [0.25, 0.3) is 5.56 Å². The van der Waals surface area contributed by atoms with Gasteiger partial charge in [0.1, 0.15) is 12.1 Å². The Labute approximate surface area is 207 Å². The van der Waals surface area contributed by atoms with Crippen LogP contribution in [0.25, 0.3) is 28.2 Å². The van der Waals surface area contributed by atoms with Crippen LogP contribution < -0.4 is 11.3 Å². The number of rotatable bonds is 8. The number of nitrogens with one attached hydrogen (secondary N) is 1. The molecule has 36 heavy (non-hydrogen) atoms. The van der Waals surface area contributed by atoms with Crippen LogP contribution in [0.4, 0.5) is 0 Å². The maximum Gasteiger partial charge on any atom is 0.439 e. The van der Waals surface area contributed by atoms with E-state index in [4.69, 9.17) is 9.40 Å². The summed E-state index contributed by atoms with van der Waals surface area (Å²) in [5.41, 5.74) is 5.80. The van der Waals surface area contributed by atoms with E-state index in [2.05, 4.69) is 21.6 Å². The van der Waals surface area contributed by atoms with E-state index >= 15 is 0 Å². The smallest absolute Gasteiger partial charge is 0.439 e. The van der Waals surface area contributed by atoms with Crippen LogP contribution in [0.5, 0.6) is 0 Å². The van der Waals surface area contributed by atoms with Gasteiger partial charge in [-0.1, -0.05) is 67.0 Å². The van der Waals surface area contributed by atoms with Gasteiger partial charge in [0.2, 0.25) is 0 Å². The molecule has 0 bridgehead atoms. The number of nitrogens with zero attached hydrogens (tertiary/aromatic N) is 3. The fraction of sp³-hybridized carbons (Fsp3) is 0.214. The Morgan fingerprint density at radius 1 is 1.00 bits per heavy atom. The monoisotopic (exact) mass is 482 g/mol. The third-order valence-electron chi connectivity index (χ3n) is 6.23. The van der Waals surface area contributed by atoms with Crippen molar-refractivity contribution in [3.05, 3.63) is 111 Å². The number of hydrogen-bond donors (Lipinski definition) is 1. The molecule has 8 nitrogen and oxygen atoms in total. The SMILES string of the molecule is CCCCc1nc(C)n(-c2ccoc2)c(=O)c1Cc1ccc(-c2ccccc2-c2noc(=O)[nH]2)cc1. The standard InChI is InChI=1S/C28H26N4O4/c1-3-4-9-25-24(27(33)32(18(2)29-25)21-14-15-35-17-21)16-19-10-12-20(13-11-19)22-7-5-6-8-23(22)26-30-28(34)36-31-26/h5-8,10-15,17H,3-4,9,16H2,1-2H3,(H,30,31,34). The zero-order chi connectivity index (χ0) is 25.1. The van der Waals surface area contributed by atoms with E-state index in [9.17, 15) is 9.59 Å². The number of H-pyrrole nitrogens is 1. The first kappa shape index (κ1) is 23.3. The molecule has 0 aliphatic carbocycles. The average molecular weight is 483 g/mol. The largest absolute Gasteiger partial charge is 0.470 e. The van der Waals surface area contributed by atoms with E-state index in [1.165, 1.54) is 0 Å². The predicted octanol–water partition coefficient (Wildman–Crippen LogP) is 5.08. The minimum absolute atomic E-state index is 0.0700. The number of benzene rings is 2. The molecular weight excluding hydrogens is 456 g/mol. The van der Waals surface area contributed by atoms with Gasteiger partial charge in [0, 0.05) is 23.6 Å². The van der Waals surface area contributed by atoms with Gasteiger partial charge in [0.15, 0.2) is 5.82 Å². The summed E-state index contributed by atoms with van der Waals surface area (Å²) < 4.78 is 11.5. The van der Waals surface area contributed by atoms with Gasteiger partial charge >= 0.3 is 5.76 Å². The van der Waals surface area contributed by atoms with E-state index in [1.807, 2.05) is 55.5 Å². The first-order valence-corrected chi connectivity index (χ1v) is 11.9. The Morgan fingerprint density at radius 2 is 1.78 bits per heavy atom. The van der Waals surface area contributed by atoms with Crippen LogP contribution >= 0.6 is 0 Å². The molecule has 0 saturated carbocycles. The minimum atomic E-state index is -0.596. The molecule has 5 aromatic rings. The van der Waals surface area contributed by atoms with Crippen LogP contribution in [0.15, 0.2) is 85.7 Å². The van der Waals surface area contributed by atoms with Crippen molar-refractivity contribution in [1.82, 2.24) is 19.7 Å². The summed E-state index contributed by atoms with van der Waals surface area (Å²) in [7, 11) is 0. The molecule has 0 fully saturated rings. The molecule has 0 aliphatic rings. The summed E-state index contributed by atoms with van der Waals surface area (Å²) in [5.74, 6) is 0.432. The molecule has 2 aromatic carbocycles. The molecule has 1 N–H and O–H groups in total. The third kappa shape index (κ3) is 4.57. The highest BCUT2D eigenvalue weighted by atomic mass is 16.5. The second-order valence-corrected chi connectivity index (χ2v) is 8.67. The quantitative estimate of drug-likeness (QED) is 0.331. The van der Waals surface area contributed by atoms with Gasteiger partial charge in [-0.25, -0.2) is 9.78 Å². The molecule has 0 atom stereocenters. The van der Waals surface area contributed by atoms with Crippen molar-refractivity contribution in [2.45, 2.75) is 39.5 Å². The van der Waals surface area contributed by atoms with Crippen LogP contribution in [0.1, 0.15) is 42.4 Å². The van der Waals surface area contributed by atoms with E-state index in [0.29, 0.717) is 29.3 Å². The molecule has 3 aromatic heterocycles. The Bertz CT molecular complexity index is 1590. The van der Waals surface area contributed by atoms with Crippen molar-refractivity contribution in [2.75, 3.05) is 0 Å². The Morgan fingerprint density at radius 3 is 2.44 bits per heavy atom. The summed E-state index contributed by atoms with van der Waals surface area (Å²) in [6, 6.07) is 17.5. The predicted molar refractivity (Wildman–Crippen MR) is 136 cm³/mol. The molecule has 0 spiro atoms. The molecule has 182 valence electrons. The number of unbranched alkanes of at least 4 members (excludes halogenated alkanes) is 1. The summed E-state index contributed by atoms with van der Waals surface area (Å²) in [6.07, 6.45) is 6.33. The maximum atomic E-state index is 13.6. The van der Waals surface area contributed by atoms with Gasteiger partial charge in [-0.15, -0.1) is 0 Å². The fourth-order valence-electron chi connectivity index (χ4n) is 4.43. The number of aromatic amines is 1.